The minimum atomic E-state index is -0.420. The van der Waals surface area contributed by atoms with Crippen LogP contribution < -0.4 is 15.4 Å². The van der Waals surface area contributed by atoms with Gasteiger partial charge < -0.3 is 20.5 Å². The van der Waals surface area contributed by atoms with E-state index in [4.69, 9.17) is 4.74 Å². The van der Waals surface area contributed by atoms with Gasteiger partial charge in [-0.05, 0) is 18.2 Å². The lowest BCUT2D eigenvalue weighted by Gasteiger charge is -2.14. The lowest BCUT2D eigenvalue weighted by atomic mass is 10.1. The van der Waals surface area contributed by atoms with Crippen LogP contribution in [0.2, 0.25) is 0 Å². The molecule has 1 aromatic heterocycles. The van der Waals surface area contributed by atoms with Crippen molar-refractivity contribution in [3.63, 3.8) is 0 Å². The molecule has 0 aliphatic carbocycles. The Balaban J connectivity index is 1.61. The van der Waals surface area contributed by atoms with E-state index in [2.05, 4.69) is 15.6 Å². The molecule has 0 spiro atoms. The molecule has 2 atom stereocenters. The van der Waals surface area contributed by atoms with Crippen molar-refractivity contribution in [2.75, 3.05) is 19.6 Å². The monoisotopic (exact) mass is 313 g/mol. The first-order chi connectivity index (χ1) is 11.2. The maximum Gasteiger partial charge on any atom is 0.270 e. The largest absolute Gasteiger partial charge is 0.457 e. The Morgan fingerprint density at radius 1 is 1.26 bits per heavy atom. The van der Waals surface area contributed by atoms with Crippen LogP contribution in [0.3, 0.4) is 0 Å². The number of carbonyl (C=O) groups is 1. The third kappa shape index (κ3) is 4.06. The van der Waals surface area contributed by atoms with Crippen molar-refractivity contribution < 1.29 is 14.6 Å². The number of hydrogen-bond donors (Lipinski definition) is 3. The van der Waals surface area contributed by atoms with Gasteiger partial charge in [0, 0.05) is 37.8 Å². The summed E-state index contributed by atoms with van der Waals surface area (Å²) < 4.78 is 5.69. The molecule has 1 amide bonds. The van der Waals surface area contributed by atoms with Crippen LogP contribution in [0.4, 0.5) is 0 Å². The van der Waals surface area contributed by atoms with Gasteiger partial charge in [-0.15, -0.1) is 0 Å². The number of ether oxygens (including phenoxy) is 1. The van der Waals surface area contributed by atoms with Gasteiger partial charge in [-0.2, -0.15) is 0 Å². The van der Waals surface area contributed by atoms with E-state index < -0.39 is 6.10 Å². The highest BCUT2D eigenvalue weighted by molar-refractivity contribution is 5.92. The molecule has 0 saturated carbocycles. The number of β-amino-alcohol motifs (C(OH)–C–C–N with tert-alkyl or cyclic N) is 1. The van der Waals surface area contributed by atoms with Crippen LogP contribution in [-0.4, -0.2) is 41.7 Å². The number of para-hydroxylation sites is 1. The Bertz CT molecular complexity index is 663. The zero-order valence-corrected chi connectivity index (χ0v) is 12.6. The van der Waals surface area contributed by atoms with Crippen LogP contribution in [0.15, 0.2) is 48.7 Å². The lowest BCUT2D eigenvalue weighted by Crippen LogP contribution is -2.34. The molecule has 1 aromatic carbocycles. The number of nitrogens with zero attached hydrogens (tertiary/aromatic N) is 1. The molecule has 2 aromatic rings. The molecular formula is C17H19N3O3. The number of carbonyl (C=O) groups excluding carboxylic acids is 1. The van der Waals surface area contributed by atoms with Gasteiger partial charge in [-0.3, -0.25) is 9.78 Å². The molecule has 3 rings (SSSR count). The average molecular weight is 313 g/mol. The molecule has 3 N–H and O–H groups in total. The molecule has 1 aliphatic rings. The molecule has 23 heavy (non-hydrogen) atoms. The molecule has 2 heterocycles. The van der Waals surface area contributed by atoms with E-state index in [1.807, 2.05) is 30.3 Å². The highest BCUT2D eigenvalue weighted by Crippen LogP contribution is 2.20. The molecule has 6 heteroatoms. The second kappa shape index (κ2) is 7.21. The number of aliphatic hydroxyl groups is 1. The quantitative estimate of drug-likeness (QED) is 0.772. The minimum Gasteiger partial charge on any atom is -0.457 e. The SMILES string of the molecule is O=C(NCC1CNCC1O)c1cc(Oc2ccccc2)ccn1. The predicted octanol–water partition coefficient (Wildman–Crippen LogP) is 1.18. The van der Waals surface area contributed by atoms with E-state index in [-0.39, 0.29) is 11.8 Å². The third-order valence-electron chi connectivity index (χ3n) is 3.77. The second-order valence-corrected chi connectivity index (χ2v) is 5.49. The first kappa shape index (κ1) is 15.5. The summed E-state index contributed by atoms with van der Waals surface area (Å²) in [4.78, 5) is 16.3. The van der Waals surface area contributed by atoms with Gasteiger partial charge in [-0.25, -0.2) is 0 Å². The van der Waals surface area contributed by atoms with Crippen LogP contribution >= 0.6 is 0 Å². The van der Waals surface area contributed by atoms with Crippen LogP contribution in [0.1, 0.15) is 10.5 Å². The Morgan fingerprint density at radius 2 is 2.09 bits per heavy atom. The first-order valence-electron chi connectivity index (χ1n) is 7.58. The molecule has 1 fully saturated rings. The molecule has 1 aliphatic heterocycles. The Hall–Kier alpha value is -2.44. The fraction of sp³-hybridized carbons (Fsp3) is 0.294. The van der Waals surface area contributed by atoms with E-state index in [0.717, 1.165) is 0 Å². The van der Waals surface area contributed by atoms with Crippen molar-refractivity contribution in [1.82, 2.24) is 15.6 Å². The van der Waals surface area contributed by atoms with Crippen molar-refractivity contribution in [2.45, 2.75) is 6.10 Å². The normalized spacial score (nSPS) is 20.2. The average Bonchev–Trinajstić information content (AvgIpc) is 2.99. The van der Waals surface area contributed by atoms with E-state index >= 15 is 0 Å². The maximum atomic E-state index is 12.2. The van der Waals surface area contributed by atoms with Crippen molar-refractivity contribution in [2.24, 2.45) is 5.92 Å². The standard InChI is InChI=1S/C17H19N3O3/c21-16-11-18-9-12(16)10-20-17(22)15-8-14(6-7-19-15)23-13-4-2-1-3-5-13/h1-8,12,16,18,21H,9-11H2,(H,20,22). The molecular weight excluding hydrogens is 294 g/mol. The summed E-state index contributed by atoms with van der Waals surface area (Å²) >= 11 is 0. The molecule has 0 radical (unpaired) electrons. The number of amides is 1. The van der Waals surface area contributed by atoms with Crippen molar-refractivity contribution in [1.29, 1.82) is 0 Å². The van der Waals surface area contributed by atoms with Crippen LogP contribution in [-0.2, 0) is 0 Å². The van der Waals surface area contributed by atoms with Gasteiger partial charge in [-0.1, -0.05) is 18.2 Å². The Labute approximate surface area is 134 Å². The van der Waals surface area contributed by atoms with Gasteiger partial charge >= 0.3 is 0 Å². The smallest absolute Gasteiger partial charge is 0.270 e. The summed E-state index contributed by atoms with van der Waals surface area (Å²) in [5, 5.41) is 15.6. The van der Waals surface area contributed by atoms with Gasteiger partial charge in [0.25, 0.3) is 5.91 Å². The number of hydrogen-bond acceptors (Lipinski definition) is 5. The van der Waals surface area contributed by atoms with Crippen molar-refractivity contribution >= 4 is 5.91 Å². The summed E-state index contributed by atoms with van der Waals surface area (Å²) in [6.45, 7) is 1.68. The highest BCUT2D eigenvalue weighted by Gasteiger charge is 2.25. The summed E-state index contributed by atoms with van der Waals surface area (Å²) in [5.41, 5.74) is 0.291. The summed E-state index contributed by atoms with van der Waals surface area (Å²) in [7, 11) is 0. The summed E-state index contributed by atoms with van der Waals surface area (Å²) in [6.07, 6.45) is 1.12. The van der Waals surface area contributed by atoms with Crippen molar-refractivity contribution in [3.05, 3.63) is 54.4 Å². The fourth-order valence-corrected chi connectivity index (χ4v) is 2.47. The van der Waals surface area contributed by atoms with Gasteiger partial charge in [0.2, 0.25) is 0 Å². The number of aromatic nitrogens is 1. The zero-order valence-electron chi connectivity index (χ0n) is 12.6. The summed E-state index contributed by atoms with van der Waals surface area (Å²) in [6, 6.07) is 12.7. The third-order valence-corrected chi connectivity index (χ3v) is 3.77. The van der Waals surface area contributed by atoms with Gasteiger partial charge in [0.1, 0.15) is 17.2 Å². The number of pyridine rings is 1. The van der Waals surface area contributed by atoms with E-state index in [0.29, 0.717) is 36.8 Å². The molecule has 0 bridgehead atoms. The number of rotatable bonds is 5. The Kier molecular flexibility index (Phi) is 4.85. The fourth-order valence-electron chi connectivity index (χ4n) is 2.47. The van der Waals surface area contributed by atoms with Crippen LogP contribution in [0, 0.1) is 5.92 Å². The topological polar surface area (TPSA) is 83.5 Å². The first-order valence-corrected chi connectivity index (χ1v) is 7.58. The number of benzene rings is 1. The Morgan fingerprint density at radius 3 is 2.83 bits per heavy atom. The van der Waals surface area contributed by atoms with Crippen LogP contribution in [0.25, 0.3) is 0 Å². The molecule has 2 unspecified atom stereocenters. The zero-order chi connectivity index (χ0) is 16.1. The number of aliphatic hydroxyl groups excluding tert-OH is 1. The predicted molar refractivity (Wildman–Crippen MR) is 85.5 cm³/mol. The van der Waals surface area contributed by atoms with Crippen molar-refractivity contribution in [3.8, 4) is 11.5 Å². The second-order valence-electron chi connectivity index (χ2n) is 5.49. The molecule has 6 nitrogen and oxygen atoms in total. The van der Waals surface area contributed by atoms with Crippen LogP contribution in [0.5, 0.6) is 11.5 Å². The van der Waals surface area contributed by atoms with Gasteiger partial charge in [0.15, 0.2) is 0 Å². The highest BCUT2D eigenvalue weighted by atomic mass is 16.5. The molecule has 1 saturated heterocycles. The van der Waals surface area contributed by atoms with E-state index in [1.165, 1.54) is 0 Å². The van der Waals surface area contributed by atoms with Gasteiger partial charge in [0.05, 0.1) is 6.10 Å². The maximum absolute atomic E-state index is 12.2. The summed E-state index contributed by atoms with van der Waals surface area (Å²) in [5.74, 6) is 1.01. The van der Waals surface area contributed by atoms with E-state index in [9.17, 15) is 9.90 Å². The number of nitrogens with one attached hydrogen (secondary N) is 2. The molecule has 120 valence electrons. The lowest BCUT2D eigenvalue weighted by molar-refractivity contribution is 0.0922. The van der Waals surface area contributed by atoms with E-state index in [1.54, 1.807) is 18.3 Å². The minimum absolute atomic E-state index is 0.0303.